The van der Waals surface area contributed by atoms with Crippen molar-refractivity contribution in [1.82, 2.24) is 0 Å². The maximum Gasteiger partial charge on any atom is 0.185 e. The summed E-state index contributed by atoms with van der Waals surface area (Å²) in [7, 11) is 0. The summed E-state index contributed by atoms with van der Waals surface area (Å²) in [6.07, 6.45) is 0. The van der Waals surface area contributed by atoms with E-state index in [2.05, 4.69) is 10.2 Å². The van der Waals surface area contributed by atoms with Crippen molar-refractivity contribution in [2.24, 2.45) is 10.2 Å². The molecule has 0 saturated heterocycles. The second-order valence-corrected chi connectivity index (χ2v) is 3.68. The summed E-state index contributed by atoms with van der Waals surface area (Å²) in [5.41, 5.74) is 2.03. The van der Waals surface area contributed by atoms with Gasteiger partial charge in [0.2, 0.25) is 0 Å². The van der Waals surface area contributed by atoms with Crippen LogP contribution < -0.4 is 0 Å². The number of para-hydroxylation sites is 1. The number of hydrogen-bond acceptors (Lipinski definition) is 4. The van der Waals surface area contributed by atoms with E-state index in [1.54, 1.807) is 12.1 Å². The van der Waals surface area contributed by atoms with Crippen molar-refractivity contribution in [2.45, 2.75) is 6.92 Å². The molecule has 0 aliphatic rings. The van der Waals surface area contributed by atoms with Gasteiger partial charge in [0.05, 0.1) is 5.69 Å². The predicted molar refractivity (Wildman–Crippen MR) is 65.1 cm³/mol. The van der Waals surface area contributed by atoms with Gasteiger partial charge in [0.25, 0.3) is 0 Å². The molecule has 86 valence electrons. The second-order valence-electron chi connectivity index (χ2n) is 3.68. The number of phenols is 2. The predicted octanol–water partition coefficient (Wildman–Crippen LogP) is 3.82. The van der Waals surface area contributed by atoms with Crippen molar-refractivity contribution in [3.63, 3.8) is 0 Å². The molecule has 0 fully saturated rings. The van der Waals surface area contributed by atoms with Gasteiger partial charge in [-0.05, 0) is 36.8 Å². The fraction of sp³-hybridized carbons (Fsp3) is 0.0769. The molecular formula is C13H12N2O2. The lowest BCUT2D eigenvalue weighted by atomic mass is 10.2. The first kappa shape index (κ1) is 11.1. The highest BCUT2D eigenvalue weighted by Gasteiger charge is 2.03. The minimum atomic E-state index is -0.260. The molecule has 4 nitrogen and oxygen atoms in total. The third kappa shape index (κ3) is 2.60. The molecule has 0 unspecified atom stereocenters. The number of aryl methyl sites for hydroxylation is 1. The molecule has 0 amide bonds. The molecule has 0 aliphatic heterocycles. The molecule has 2 aromatic rings. The van der Waals surface area contributed by atoms with Crippen molar-refractivity contribution in [2.75, 3.05) is 0 Å². The highest BCUT2D eigenvalue weighted by molar-refractivity contribution is 5.57. The number of aromatic hydroxyl groups is 2. The van der Waals surface area contributed by atoms with Crippen LogP contribution in [0, 0.1) is 6.92 Å². The Bertz CT molecular complexity index is 565. The number of hydrogen-bond donors (Lipinski definition) is 2. The minimum absolute atomic E-state index is 0.203. The van der Waals surface area contributed by atoms with E-state index in [9.17, 15) is 10.2 Å². The average molecular weight is 228 g/mol. The Balaban J connectivity index is 2.29. The Hall–Kier alpha value is -2.36. The van der Waals surface area contributed by atoms with E-state index in [1.807, 2.05) is 31.2 Å². The number of rotatable bonds is 2. The summed E-state index contributed by atoms with van der Waals surface area (Å²) in [4.78, 5) is 0. The van der Waals surface area contributed by atoms with Crippen LogP contribution in [0.25, 0.3) is 0 Å². The first-order chi connectivity index (χ1) is 8.16. The maximum absolute atomic E-state index is 9.53. The van der Waals surface area contributed by atoms with Gasteiger partial charge in [0, 0.05) is 0 Å². The van der Waals surface area contributed by atoms with Crippen molar-refractivity contribution < 1.29 is 10.2 Å². The van der Waals surface area contributed by atoms with Gasteiger partial charge >= 0.3 is 0 Å². The Labute approximate surface area is 98.9 Å². The van der Waals surface area contributed by atoms with Crippen LogP contribution in [0.5, 0.6) is 11.5 Å². The van der Waals surface area contributed by atoms with Crippen molar-refractivity contribution in [3.05, 3.63) is 48.0 Å². The molecule has 0 aliphatic carbocycles. The van der Waals surface area contributed by atoms with Crippen molar-refractivity contribution >= 4 is 11.4 Å². The largest absolute Gasteiger partial charge is 0.504 e. The summed E-state index contributed by atoms with van der Waals surface area (Å²) >= 11 is 0. The van der Waals surface area contributed by atoms with E-state index < -0.39 is 0 Å². The molecule has 4 heteroatoms. The molecule has 0 bridgehead atoms. The van der Waals surface area contributed by atoms with E-state index in [-0.39, 0.29) is 17.2 Å². The SMILES string of the molecule is Cc1cccc(N=Nc2cccc(O)c2O)c1. The first-order valence-electron chi connectivity index (χ1n) is 5.16. The molecule has 0 radical (unpaired) electrons. The fourth-order valence-electron chi connectivity index (χ4n) is 1.40. The highest BCUT2D eigenvalue weighted by Crippen LogP contribution is 2.35. The van der Waals surface area contributed by atoms with E-state index in [0.29, 0.717) is 5.69 Å². The molecule has 17 heavy (non-hydrogen) atoms. The summed E-state index contributed by atoms with van der Waals surface area (Å²) in [6, 6.07) is 12.1. The molecule has 2 N–H and O–H groups in total. The Morgan fingerprint density at radius 2 is 1.71 bits per heavy atom. The van der Waals surface area contributed by atoms with Gasteiger partial charge in [-0.25, -0.2) is 0 Å². The molecule has 0 aromatic heterocycles. The van der Waals surface area contributed by atoms with Crippen LogP contribution in [0.2, 0.25) is 0 Å². The van der Waals surface area contributed by atoms with Crippen molar-refractivity contribution in [1.29, 1.82) is 0 Å². The minimum Gasteiger partial charge on any atom is -0.504 e. The van der Waals surface area contributed by atoms with Gasteiger partial charge in [0.1, 0.15) is 5.69 Å². The van der Waals surface area contributed by atoms with Crippen LogP contribution in [0.3, 0.4) is 0 Å². The van der Waals surface area contributed by atoms with Crippen LogP contribution in [-0.2, 0) is 0 Å². The third-order valence-corrected chi connectivity index (χ3v) is 2.27. The van der Waals surface area contributed by atoms with E-state index in [0.717, 1.165) is 5.56 Å². The van der Waals surface area contributed by atoms with Gasteiger partial charge < -0.3 is 10.2 Å². The van der Waals surface area contributed by atoms with Crippen LogP contribution in [0.1, 0.15) is 5.56 Å². The van der Waals surface area contributed by atoms with Gasteiger partial charge in [-0.2, -0.15) is 5.11 Å². The number of azo groups is 1. The van der Waals surface area contributed by atoms with Crippen LogP contribution in [-0.4, -0.2) is 10.2 Å². The topological polar surface area (TPSA) is 65.2 Å². The number of phenolic OH excluding ortho intramolecular Hbond substituents is 2. The van der Waals surface area contributed by atoms with Crippen LogP contribution in [0.15, 0.2) is 52.7 Å². The lowest BCUT2D eigenvalue weighted by Crippen LogP contribution is -1.71. The number of benzene rings is 2. The Kier molecular flexibility index (Phi) is 3.05. The lowest BCUT2D eigenvalue weighted by molar-refractivity contribution is 0.404. The molecule has 2 aromatic carbocycles. The lowest BCUT2D eigenvalue weighted by Gasteiger charge is -1.99. The first-order valence-corrected chi connectivity index (χ1v) is 5.16. The molecule has 0 spiro atoms. The molecule has 0 saturated carbocycles. The Morgan fingerprint density at radius 1 is 0.941 bits per heavy atom. The second kappa shape index (κ2) is 4.65. The van der Waals surface area contributed by atoms with Gasteiger partial charge in [-0.1, -0.05) is 18.2 Å². The zero-order valence-electron chi connectivity index (χ0n) is 9.33. The van der Waals surface area contributed by atoms with E-state index in [1.165, 1.54) is 6.07 Å². The molecular weight excluding hydrogens is 216 g/mol. The molecule has 0 atom stereocenters. The van der Waals surface area contributed by atoms with Gasteiger partial charge in [-0.15, -0.1) is 5.11 Å². The number of nitrogens with zero attached hydrogens (tertiary/aromatic N) is 2. The summed E-state index contributed by atoms with van der Waals surface area (Å²) in [5, 5.41) is 26.7. The quantitative estimate of drug-likeness (QED) is 0.606. The van der Waals surface area contributed by atoms with Gasteiger partial charge in [0.15, 0.2) is 11.5 Å². The van der Waals surface area contributed by atoms with Crippen LogP contribution in [0.4, 0.5) is 11.4 Å². The average Bonchev–Trinajstić information content (AvgIpc) is 2.31. The highest BCUT2D eigenvalue weighted by atomic mass is 16.3. The maximum atomic E-state index is 9.53. The van der Waals surface area contributed by atoms with Crippen LogP contribution >= 0.6 is 0 Å². The van der Waals surface area contributed by atoms with Crippen molar-refractivity contribution in [3.8, 4) is 11.5 Å². The van der Waals surface area contributed by atoms with E-state index in [4.69, 9.17) is 0 Å². The summed E-state index contributed by atoms with van der Waals surface area (Å²) in [5.74, 6) is -0.463. The standard InChI is InChI=1S/C13H12N2O2/c1-9-4-2-5-10(8-9)14-15-11-6-3-7-12(16)13(11)17/h2-8,16-17H,1H3. The zero-order chi connectivity index (χ0) is 12.3. The fourth-order valence-corrected chi connectivity index (χ4v) is 1.40. The monoisotopic (exact) mass is 228 g/mol. The Morgan fingerprint density at radius 3 is 2.47 bits per heavy atom. The van der Waals surface area contributed by atoms with Gasteiger partial charge in [-0.3, -0.25) is 0 Å². The molecule has 2 rings (SSSR count). The zero-order valence-corrected chi connectivity index (χ0v) is 9.33. The smallest absolute Gasteiger partial charge is 0.185 e. The third-order valence-electron chi connectivity index (χ3n) is 2.27. The molecule has 0 heterocycles. The normalized spacial score (nSPS) is 10.9. The van der Waals surface area contributed by atoms with E-state index >= 15 is 0 Å². The summed E-state index contributed by atoms with van der Waals surface area (Å²) < 4.78 is 0. The summed E-state index contributed by atoms with van der Waals surface area (Å²) in [6.45, 7) is 1.96.